The maximum atomic E-state index is 12.7. The van der Waals surface area contributed by atoms with Crippen LogP contribution in [0, 0.1) is 0 Å². The standard InChI is InChI=1S/C11H7F6N5/c12-10(13,14)5-1-4(2-6(3-5)11(15,16)17)7-20-8(18)22-9(19)21-7/h1-3H,(H4,18,19,20,21,22). The number of halogens is 6. The average molecular weight is 323 g/mol. The van der Waals surface area contributed by atoms with Crippen molar-refractivity contribution in [1.29, 1.82) is 0 Å². The Kier molecular flexibility index (Phi) is 3.59. The van der Waals surface area contributed by atoms with Gasteiger partial charge in [0.15, 0.2) is 5.82 Å². The highest BCUT2D eigenvalue weighted by molar-refractivity contribution is 5.60. The summed E-state index contributed by atoms with van der Waals surface area (Å²) < 4.78 is 76.4. The second kappa shape index (κ2) is 5.00. The van der Waals surface area contributed by atoms with E-state index in [1.54, 1.807) is 0 Å². The lowest BCUT2D eigenvalue weighted by atomic mass is 10.0. The number of nitrogens with two attached hydrogens (primary N) is 2. The Balaban J connectivity index is 2.70. The van der Waals surface area contributed by atoms with E-state index in [0.717, 1.165) is 0 Å². The fourth-order valence-corrected chi connectivity index (χ4v) is 1.62. The molecular weight excluding hydrogens is 316 g/mol. The van der Waals surface area contributed by atoms with Crippen LogP contribution in [0.2, 0.25) is 0 Å². The lowest BCUT2D eigenvalue weighted by molar-refractivity contribution is -0.143. The first-order valence-electron chi connectivity index (χ1n) is 5.53. The molecule has 0 radical (unpaired) electrons. The van der Waals surface area contributed by atoms with E-state index in [9.17, 15) is 26.3 Å². The van der Waals surface area contributed by atoms with Crippen LogP contribution in [0.15, 0.2) is 18.2 Å². The molecule has 11 heteroatoms. The van der Waals surface area contributed by atoms with Crippen molar-refractivity contribution >= 4 is 11.9 Å². The molecule has 0 saturated carbocycles. The molecule has 1 aromatic heterocycles. The summed E-state index contributed by atoms with van der Waals surface area (Å²) in [5.74, 6) is -1.33. The highest BCUT2D eigenvalue weighted by Crippen LogP contribution is 2.38. The van der Waals surface area contributed by atoms with Crippen LogP contribution in [0.25, 0.3) is 11.4 Å². The summed E-state index contributed by atoms with van der Waals surface area (Å²) in [6.45, 7) is 0. The number of nitrogen functional groups attached to an aromatic ring is 2. The number of benzene rings is 1. The number of alkyl halides is 6. The number of nitrogens with zero attached hydrogens (tertiary/aromatic N) is 3. The smallest absolute Gasteiger partial charge is 0.368 e. The second-order valence-electron chi connectivity index (χ2n) is 4.17. The minimum atomic E-state index is -4.97. The molecule has 0 atom stereocenters. The molecule has 4 N–H and O–H groups in total. The summed E-state index contributed by atoms with van der Waals surface area (Å²) in [6.07, 6.45) is -9.94. The van der Waals surface area contributed by atoms with Gasteiger partial charge in [0.25, 0.3) is 0 Å². The van der Waals surface area contributed by atoms with Crippen molar-refractivity contribution < 1.29 is 26.3 Å². The van der Waals surface area contributed by atoms with Crippen LogP contribution in [-0.4, -0.2) is 15.0 Å². The maximum absolute atomic E-state index is 12.7. The molecule has 0 aliphatic carbocycles. The van der Waals surface area contributed by atoms with Gasteiger partial charge in [-0.15, -0.1) is 0 Å². The Morgan fingerprint density at radius 3 is 1.45 bits per heavy atom. The molecular formula is C11H7F6N5. The molecule has 0 saturated heterocycles. The van der Waals surface area contributed by atoms with Gasteiger partial charge in [-0.05, 0) is 18.2 Å². The summed E-state index contributed by atoms with van der Waals surface area (Å²) in [5, 5.41) is 0. The quantitative estimate of drug-likeness (QED) is 0.788. The summed E-state index contributed by atoms with van der Waals surface area (Å²) >= 11 is 0. The monoisotopic (exact) mass is 323 g/mol. The summed E-state index contributed by atoms with van der Waals surface area (Å²) in [6, 6.07) is 0.949. The van der Waals surface area contributed by atoms with Crippen LogP contribution in [0.1, 0.15) is 11.1 Å². The van der Waals surface area contributed by atoms with Gasteiger partial charge in [0.05, 0.1) is 11.1 Å². The third-order valence-corrected chi connectivity index (χ3v) is 2.52. The molecule has 0 spiro atoms. The van der Waals surface area contributed by atoms with Crippen LogP contribution < -0.4 is 11.5 Å². The Morgan fingerprint density at radius 1 is 0.682 bits per heavy atom. The molecule has 0 aliphatic heterocycles. The van der Waals surface area contributed by atoms with E-state index >= 15 is 0 Å². The molecule has 2 rings (SSSR count). The zero-order chi connectivity index (χ0) is 16.7. The van der Waals surface area contributed by atoms with E-state index in [0.29, 0.717) is 12.1 Å². The highest BCUT2D eigenvalue weighted by Gasteiger charge is 2.37. The first-order chi connectivity index (χ1) is 9.96. The molecule has 1 heterocycles. The number of aromatic nitrogens is 3. The van der Waals surface area contributed by atoms with Crippen molar-refractivity contribution in [3.63, 3.8) is 0 Å². The maximum Gasteiger partial charge on any atom is 0.416 e. The molecule has 0 unspecified atom stereocenters. The van der Waals surface area contributed by atoms with Gasteiger partial charge in [-0.1, -0.05) is 0 Å². The van der Waals surface area contributed by atoms with Gasteiger partial charge in [0.2, 0.25) is 11.9 Å². The lowest BCUT2D eigenvalue weighted by Crippen LogP contribution is -2.12. The highest BCUT2D eigenvalue weighted by atomic mass is 19.4. The SMILES string of the molecule is Nc1nc(N)nc(-c2cc(C(F)(F)F)cc(C(F)(F)F)c2)n1. The van der Waals surface area contributed by atoms with Gasteiger partial charge in [-0.25, -0.2) is 0 Å². The van der Waals surface area contributed by atoms with Crippen molar-refractivity contribution in [3.8, 4) is 11.4 Å². The predicted molar refractivity (Wildman–Crippen MR) is 64.1 cm³/mol. The van der Waals surface area contributed by atoms with Gasteiger partial charge in [0.1, 0.15) is 0 Å². The summed E-state index contributed by atoms with van der Waals surface area (Å²) in [4.78, 5) is 10.4. The van der Waals surface area contributed by atoms with E-state index in [1.807, 2.05) is 0 Å². The van der Waals surface area contributed by atoms with E-state index in [2.05, 4.69) is 15.0 Å². The summed E-state index contributed by atoms with van der Waals surface area (Å²) in [7, 11) is 0. The third kappa shape index (κ3) is 3.35. The van der Waals surface area contributed by atoms with Gasteiger partial charge in [-0.3, -0.25) is 0 Å². The Labute approximate surface area is 119 Å². The zero-order valence-electron chi connectivity index (χ0n) is 10.5. The number of hydrogen-bond donors (Lipinski definition) is 2. The van der Waals surface area contributed by atoms with E-state index in [-0.39, 0.29) is 6.07 Å². The molecule has 5 nitrogen and oxygen atoms in total. The Hall–Kier alpha value is -2.59. The van der Waals surface area contributed by atoms with Crippen molar-refractivity contribution in [3.05, 3.63) is 29.3 Å². The van der Waals surface area contributed by atoms with Crippen molar-refractivity contribution in [2.24, 2.45) is 0 Å². The number of hydrogen-bond acceptors (Lipinski definition) is 5. The second-order valence-corrected chi connectivity index (χ2v) is 4.17. The van der Waals surface area contributed by atoms with Crippen LogP contribution in [0.3, 0.4) is 0 Å². The lowest BCUT2D eigenvalue weighted by Gasteiger charge is -2.13. The first-order valence-corrected chi connectivity index (χ1v) is 5.53. The van der Waals surface area contributed by atoms with Gasteiger partial charge >= 0.3 is 12.4 Å². The molecule has 22 heavy (non-hydrogen) atoms. The van der Waals surface area contributed by atoms with Gasteiger partial charge in [0, 0.05) is 5.56 Å². The minimum absolute atomic E-state index is 0.00258. The van der Waals surface area contributed by atoms with Gasteiger partial charge in [-0.2, -0.15) is 41.3 Å². The van der Waals surface area contributed by atoms with Crippen molar-refractivity contribution in [2.75, 3.05) is 11.5 Å². The molecule has 2 aromatic rings. The fraction of sp³-hybridized carbons (Fsp3) is 0.182. The van der Waals surface area contributed by atoms with E-state index < -0.39 is 46.8 Å². The predicted octanol–water partition coefficient (Wildman–Crippen LogP) is 2.74. The van der Waals surface area contributed by atoms with Crippen molar-refractivity contribution in [2.45, 2.75) is 12.4 Å². The van der Waals surface area contributed by atoms with Crippen LogP contribution in [0.5, 0.6) is 0 Å². The molecule has 0 aliphatic rings. The van der Waals surface area contributed by atoms with E-state index in [1.165, 1.54) is 0 Å². The molecule has 0 bridgehead atoms. The van der Waals surface area contributed by atoms with Crippen LogP contribution >= 0.6 is 0 Å². The topological polar surface area (TPSA) is 90.7 Å². The Morgan fingerprint density at radius 2 is 1.09 bits per heavy atom. The largest absolute Gasteiger partial charge is 0.416 e. The molecule has 0 fully saturated rings. The number of rotatable bonds is 1. The zero-order valence-corrected chi connectivity index (χ0v) is 10.5. The first kappa shape index (κ1) is 15.8. The van der Waals surface area contributed by atoms with Crippen LogP contribution in [0.4, 0.5) is 38.2 Å². The third-order valence-electron chi connectivity index (χ3n) is 2.52. The minimum Gasteiger partial charge on any atom is -0.368 e. The normalized spacial score (nSPS) is 12.5. The molecule has 1 aromatic carbocycles. The average Bonchev–Trinajstić information content (AvgIpc) is 2.35. The number of anilines is 2. The Bertz CT molecular complexity index is 657. The fourth-order valence-electron chi connectivity index (χ4n) is 1.62. The van der Waals surface area contributed by atoms with Crippen LogP contribution in [-0.2, 0) is 12.4 Å². The molecule has 118 valence electrons. The van der Waals surface area contributed by atoms with E-state index in [4.69, 9.17) is 11.5 Å². The molecule has 0 amide bonds. The summed E-state index contributed by atoms with van der Waals surface area (Å²) in [5.41, 5.74) is 7.01. The van der Waals surface area contributed by atoms with Gasteiger partial charge < -0.3 is 11.5 Å². The van der Waals surface area contributed by atoms with Crippen molar-refractivity contribution in [1.82, 2.24) is 15.0 Å².